The fraction of sp³-hybridized carbons (Fsp3) is 0.300. The standard InChI is InChI=1S/C10H14N2O2/c11-10(14)12(7-4-8-13)9-5-2-1-3-6-9/h1-3,5-6,13H,4,7-8H2,(H2,11,14). The molecule has 14 heavy (non-hydrogen) atoms. The Morgan fingerprint density at radius 3 is 2.50 bits per heavy atom. The van der Waals surface area contributed by atoms with Crippen LogP contribution in [0.25, 0.3) is 0 Å². The van der Waals surface area contributed by atoms with Crippen molar-refractivity contribution in [1.82, 2.24) is 0 Å². The number of primary amides is 1. The Morgan fingerprint density at radius 2 is 2.00 bits per heavy atom. The number of carbonyl (C=O) groups excluding carboxylic acids is 1. The van der Waals surface area contributed by atoms with Crippen LogP contribution in [-0.2, 0) is 0 Å². The van der Waals surface area contributed by atoms with Gasteiger partial charge in [0, 0.05) is 18.8 Å². The molecule has 0 fully saturated rings. The number of nitrogens with zero attached hydrogens (tertiary/aromatic N) is 1. The van der Waals surface area contributed by atoms with Crippen LogP contribution in [0.2, 0.25) is 0 Å². The smallest absolute Gasteiger partial charge is 0.319 e. The van der Waals surface area contributed by atoms with Gasteiger partial charge in [-0.1, -0.05) is 18.2 Å². The van der Waals surface area contributed by atoms with E-state index in [0.29, 0.717) is 13.0 Å². The summed E-state index contributed by atoms with van der Waals surface area (Å²) in [5.41, 5.74) is 5.97. The van der Waals surface area contributed by atoms with Crippen LogP contribution in [-0.4, -0.2) is 24.3 Å². The molecule has 3 N–H and O–H groups in total. The van der Waals surface area contributed by atoms with Gasteiger partial charge in [-0.2, -0.15) is 0 Å². The molecular weight excluding hydrogens is 180 g/mol. The Labute approximate surface area is 82.9 Å². The molecule has 0 spiro atoms. The lowest BCUT2D eigenvalue weighted by Gasteiger charge is -2.19. The summed E-state index contributed by atoms with van der Waals surface area (Å²) >= 11 is 0. The Bertz CT molecular complexity index is 287. The maximum Gasteiger partial charge on any atom is 0.319 e. The quantitative estimate of drug-likeness (QED) is 0.749. The van der Waals surface area contributed by atoms with E-state index in [1.54, 1.807) is 0 Å². The van der Waals surface area contributed by atoms with Crippen molar-refractivity contribution in [1.29, 1.82) is 0 Å². The number of carbonyl (C=O) groups is 1. The number of aliphatic hydroxyl groups is 1. The van der Waals surface area contributed by atoms with Gasteiger partial charge in [0.15, 0.2) is 0 Å². The Morgan fingerprint density at radius 1 is 1.36 bits per heavy atom. The molecule has 0 saturated carbocycles. The fourth-order valence-corrected chi connectivity index (χ4v) is 1.20. The third-order valence-electron chi connectivity index (χ3n) is 1.87. The third kappa shape index (κ3) is 2.74. The molecule has 0 aliphatic heterocycles. The highest BCUT2D eigenvalue weighted by molar-refractivity contribution is 5.90. The topological polar surface area (TPSA) is 66.6 Å². The second-order valence-electron chi connectivity index (χ2n) is 2.90. The van der Waals surface area contributed by atoms with E-state index in [1.165, 1.54) is 4.90 Å². The summed E-state index contributed by atoms with van der Waals surface area (Å²) in [7, 11) is 0. The van der Waals surface area contributed by atoms with Gasteiger partial charge in [0.05, 0.1) is 0 Å². The first-order valence-electron chi connectivity index (χ1n) is 4.48. The van der Waals surface area contributed by atoms with E-state index in [2.05, 4.69) is 0 Å². The summed E-state index contributed by atoms with van der Waals surface area (Å²) in [6.07, 6.45) is 0.526. The van der Waals surface area contributed by atoms with Crippen LogP contribution in [0.4, 0.5) is 10.5 Å². The normalized spacial score (nSPS) is 9.79. The first-order valence-corrected chi connectivity index (χ1v) is 4.48. The molecule has 0 atom stereocenters. The van der Waals surface area contributed by atoms with Crippen molar-refractivity contribution in [2.45, 2.75) is 6.42 Å². The molecule has 1 rings (SSSR count). The molecule has 0 aromatic heterocycles. The number of nitrogens with two attached hydrogens (primary N) is 1. The minimum absolute atomic E-state index is 0.0522. The van der Waals surface area contributed by atoms with Crippen molar-refractivity contribution in [3.63, 3.8) is 0 Å². The summed E-state index contributed by atoms with van der Waals surface area (Å²) in [5, 5.41) is 8.67. The third-order valence-corrected chi connectivity index (χ3v) is 1.87. The van der Waals surface area contributed by atoms with Gasteiger partial charge in [0.25, 0.3) is 0 Å². The molecule has 0 aliphatic carbocycles. The van der Waals surface area contributed by atoms with Crippen LogP contribution in [0.3, 0.4) is 0 Å². The van der Waals surface area contributed by atoms with E-state index in [-0.39, 0.29) is 6.61 Å². The summed E-state index contributed by atoms with van der Waals surface area (Å²) in [5.74, 6) is 0. The average Bonchev–Trinajstić information content (AvgIpc) is 2.19. The number of hydrogen-bond donors (Lipinski definition) is 2. The minimum atomic E-state index is -0.496. The second-order valence-corrected chi connectivity index (χ2v) is 2.90. The number of aliphatic hydroxyl groups excluding tert-OH is 1. The van der Waals surface area contributed by atoms with E-state index in [1.807, 2.05) is 30.3 Å². The summed E-state index contributed by atoms with van der Waals surface area (Å²) in [4.78, 5) is 12.5. The predicted octanol–water partition coefficient (Wildman–Crippen LogP) is 0.954. The molecule has 2 amide bonds. The van der Waals surface area contributed by atoms with Crippen LogP contribution in [0, 0.1) is 0 Å². The van der Waals surface area contributed by atoms with Crippen molar-refractivity contribution in [2.24, 2.45) is 5.73 Å². The summed E-state index contributed by atoms with van der Waals surface area (Å²) < 4.78 is 0. The largest absolute Gasteiger partial charge is 0.396 e. The Balaban J connectivity index is 2.73. The average molecular weight is 194 g/mol. The van der Waals surface area contributed by atoms with Gasteiger partial charge in [0.1, 0.15) is 0 Å². The lowest BCUT2D eigenvalue weighted by molar-refractivity contribution is 0.252. The first-order chi connectivity index (χ1) is 6.75. The molecule has 1 aromatic rings. The van der Waals surface area contributed by atoms with Crippen LogP contribution in [0.15, 0.2) is 30.3 Å². The Hall–Kier alpha value is -1.55. The van der Waals surface area contributed by atoms with Crippen molar-refractivity contribution < 1.29 is 9.90 Å². The molecule has 1 aromatic carbocycles. The lowest BCUT2D eigenvalue weighted by Crippen LogP contribution is -2.36. The lowest BCUT2D eigenvalue weighted by atomic mass is 10.3. The zero-order chi connectivity index (χ0) is 10.4. The molecule has 0 heterocycles. The highest BCUT2D eigenvalue weighted by atomic mass is 16.3. The summed E-state index contributed by atoms with van der Waals surface area (Å²) in [6.45, 7) is 0.493. The van der Waals surface area contributed by atoms with Crippen molar-refractivity contribution >= 4 is 11.7 Å². The molecule has 4 heteroatoms. The van der Waals surface area contributed by atoms with E-state index < -0.39 is 6.03 Å². The van der Waals surface area contributed by atoms with Gasteiger partial charge in [-0.3, -0.25) is 4.90 Å². The van der Waals surface area contributed by atoms with Gasteiger partial charge >= 0.3 is 6.03 Å². The molecule has 0 unspecified atom stereocenters. The van der Waals surface area contributed by atoms with Gasteiger partial charge in [0.2, 0.25) is 0 Å². The minimum Gasteiger partial charge on any atom is -0.396 e. The van der Waals surface area contributed by atoms with E-state index >= 15 is 0 Å². The number of hydrogen-bond acceptors (Lipinski definition) is 2. The number of rotatable bonds is 4. The highest BCUT2D eigenvalue weighted by Crippen LogP contribution is 2.12. The van der Waals surface area contributed by atoms with Crippen LogP contribution in [0.5, 0.6) is 0 Å². The van der Waals surface area contributed by atoms with Crippen LogP contribution in [0.1, 0.15) is 6.42 Å². The van der Waals surface area contributed by atoms with Crippen LogP contribution >= 0.6 is 0 Å². The zero-order valence-corrected chi connectivity index (χ0v) is 7.89. The van der Waals surface area contributed by atoms with E-state index in [4.69, 9.17) is 10.8 Å². The Kier molecular flexibility index (Phi) is 3.94. The van der Waals surface area contributed by atoms with Gasteiger partial charge < -0.3 is 10.8 Å². The molecular formula is C10H14N2O2. The highest BCUT2D eigenvalue weighted by Gasteiger charge is 2.10. The predicted molar refractivity (Wildman–Crippen MR) is 55.1 cm³/mol. The SMILES string of the molecule is NC(=O)N(CCCO)c1ccccc1. The van der Waals surface area contributed by atoms with E-state index in [0.717, 1.165) is 5.69 Å². The monoisotopic (exact) mass is 194 g/mol. The van der Waals surface area contributed by atoms with Gasteiger partial charge in [-0.15, -0.1) is 0 Å². The number of amides is 2. The van der Waals surface area contributed by atoms with Crippen molar-refractivity contribution in [2.75, 3.05) is 18.1 Å². The van der Waals surface area contributed by atoms with E-state index in [9.17, 15) is 4.79 Å². The number of para-hydroxylation sites is 1. The number of urea groups is 1. The molecule has 76 valence electrons. The first kappa shape index (κ1) is 10.5. The molecule has 0 radical (unpaired) electrons. The summed E-state index contributed by atoms with van der Waals surface area (Å²) in [6, 6.07) is 8.66. The fourth-order valence-electron chi connectivity index (χ4n) is 1.20. The number of anilines is 1. The molecule has 0 saturated heterocycles. The van der Waals surface area contributed by atoms with Crippen molar-refractivity contribution in [3.8, 4) is 0 Å². The molecule has 4 nitrogen and oxygen atoms in total. The molecule has 0 bridgehead atoms. The van der Waals surface area contributed by atoms with Crippen LogP contribution < -0.4 is 10.6 Å². The maximum atomic E-state index is 11.1. The molecule has 0 aliphatic rings. The maximum absolute atomic E-state index is 11.1. The number of benzene rings is 1. The van der Waals surface area contributed by atoms with Gasteiger partial charge in [-0.25, -0.2) is 4.79 Å². The van der Waals surface area contributed by atoms with Crippen molar-refractivity contribution in [3.05, 3.63) is 30.3 Å². The second kappa shape index (κ2) is 5.24. The zero-order valence-electron chi connectivity index (χ0n) is 7.89. The van der Waals surface area contributed by atoms with Gasteiger partial charge in [-0.05, 0) is 18.6 Å².